The number of aliphatic carboxylic acids is 1. The molecule has 1 aromatic carbocycles. The number of benzene rings is 1. The van der Waals surface area contributed by atoms with E-state index in [1.165, 1.54) is 6.92 Å². The van der Waals surface area contributed by atoms with E-state index < -0.39 is 29.5 Å². The number of tetrazole rings is 1. The fourth-order valence-corrected chi connectivity index (χ4v) is 1.70. The molecule has 0 amide bonds. The van der Waals surface area contributed by atoms with Gasteiger partial charge in [-0.3, -0.25) is 4.79 Å². The average molecular weight is 286 g/mol. The largest absolute Gasteiger partial charge is 0.481 e. The molecule has 0 bridgehead atoms. The molecule has 1 unspecified atom stereocenters. The highest BCUT2D eigenvalue weighted by Gasteiger charge is 2.20. The third kappa shape index (κ3) is 2.60. The Labute approximate surface area is 110 Å². The first-order valence-electron chi connectivity index (χ1n) is 5.54. The van der Waals surface area contributed by atoms with Crippen molar-refractivity contribution in [3.8, 4) is 11.4 Å². The summed E-state index contributed by atoms with van der Waals surface area (Å²) in [5, 5.41) is 19.2. The molecule has 0 aliphatic rings. The van der Waals surface area contributed by atoms with E-state index in [0.29, 0.717) is 0 Å². The molecule has 0 aliphatic carbocycles. The summed E-state index contributed by atoms with van der Waals surface area (Å²) >= 11 is 0. The Hall–Kier alpha value is -2.45. The van der Waals surface area contributed by atoms with Crippen LogP contribution in [0.15, 0.2) is 12.1 Å². The molecule has 0 saturated heterocycles. The summed E-state index contributed by atoms with van der Waals surface area (Å²) in [7, 11) is 0. The van der Waals surface area contributed by atoms with Crippen LogP contribution in [0.4, 0.5) is 13.2 Å². The van der Waals surface area contributed by atoms with Crippen molar-refractivity contribution >= 4 is 5.97 Å². The van der Waals surface area contributed by atoms with Crippen LogP contribution >= 0.6 is 0 Å². The molecule has 1 heterocycles. The van der Waals surface area contributed by atoms with Gasteiger partial charge in [0, 0.05) is 5.56 Å². The van der Waals surface area contributed by atoms with Gasteiger partial charge in [-0.15, -0.1) is 5.10 Å². The van der Waals surface area contributed by atoms with Gasteiger partial charge in [-0.25, -0.2) is 17.9 Å². The number of aromatic nitrogens is 4. The number of carboxylic acids is 1. The van der Waals surface area contributed by atoms with Crippen molar-refractivity contribution in [3.05, 3.63) is 29.6 Å². The van der Waals surface area contributed by atoms with Gasteiger partial charge in [0.1, 0.15) is 0 Å². The van der Waals surface area contributed by atoms with Crippen molar-refractivity contribution in [1.82, 2.24) is 20.2 Å². The van der Waals surface area contributed by atoms with Gasteiger partial charge in [0.05, 0.1) is 12.5 Å². The fourth-order valence-electron chi connectivity index (χ4n) is 1.70. The van der Waals surface area contributed by atoms with Gasteiger partial charge in [-0.05, 0) is 29.5 Å². The van der Waals surface area contributed by atoms with Gasteiger partial charge in [-0.1, -0.05) is 0 Å². The lowest BCUT2D eigenvalue weighted by molar-refractivity contribution is -0.137. The zero-order valence-corrected chi connectivity index (χ0v) is 10.2. The number of carboxylic acid groups (broad SMARTS) is 1. The maximum Gasteiger partial charge on any atom is 0.305 e. The molecule has 106 valence electrons. The lowest BCUT2D eigenvalue weighted by Crippen LogP contribution is -2.13. The summed E-state index contributed by atoms with van der Waals surface area (Å²) in [4.78, 5) is 10.7. The fraction of sp³-hybridized carbons (Fsp3) is 0.273. The van der Waals surface area contributed by atoms with E-state index in [0.717, 1.165) is 16.8 Å². The minimum atomic E-state index is -1.59. The Morgan fingerprint density at radius 2 is 1.95 bits per heavy atom. The summed E-state index contributed by atoms with van der Waals surface area (Å²) in [6.45, 7) is 1.53. The first-order valence-corrected chi connectivity index (χ1v) is 5.54. The van der Waals surface area contributed by atoms with Crippen LogP contribution in [0.2, 0.25) is 0 Å². The van der Waals surface area contributed by atoms with Gasteiger partial charge in [0.25, 0.3) is 0 Å². The minimum absolute atomic E-state index is 0.0449. The number of nitrogens with zero attached hydrogens (tertiary/aromatic N) is 4. The zero-order chi connectivity index (χ0) is 14.9. The molecular formula is C11H9F3N4O2. The molecule has 0 aliphatic heterocycles. The van der Waals surface area contributed by atoms with Crippen molar-refractivity contribution in [2.24, 2.45) is 0 Å². The van der Waals surface area contributed by atoms with Gasteiger partial charge < -0.3 is 5.11 Å². The monoisotopic (exact) mass is 286 g/mol. The maximum absolute atomic E-state index is 13.2. The van der Waals surface area contributed by atoms with E-state index in [1.807, 2.05) is 0 Å². The summed E-state index contributed by atoms with van der Waals surface area (Å²) in [6.07, 6.45) is -0.274. The summed E-state index contributed by atoms with van der Waals surface area (Å²) in [5.74, 6) is -5.46. The van der Waals surface area contributed by atoms with Crippen LogP contribution < -0.4 is 0 Å². The van der Waals surface area contributed by atoms with Crippen LogP contribution in [0.25, 0.3) is 11.4 Å². The van der Waals surface area contributed by atoms with Gasteiger partial charge in [0.2, 0.25) is 0 Å². The van der Waals surface area contributed by atoms with Gasteiger partial charge >= 0.3 is 5.97 Å². The van der Waals surface area contributed by atoms with E-state index in [4.69, 9.17) is 5.11 Å². The van der Waals surface area contributed by atoms with Crippen LogP contribution in [0.5, 0.6) is 0 Å². The van der Waals surface area contributed by atoms with Gasteiger partial charge in [0.15, 0.2) is 23.3 Å². The Kier molecular flexibility index (Phi) is 3.68. The first-order chi connectivity index (χ1) is 9.40. The highest BCUT2D eigenvalue weighted by Crippen LogP contribution is 2.24. The van der Waals surface area contributed by atoms with Crippen molar-refractivity contribution in [1.29, 1.82) is 0 Å². The molecule has 1 N–H and O–H groups in total. The highest BCUT2D eigenvalue weighted by molar-refractivity contribution is 5.67. The Bertz CT molecular complexity index is 636. The van der Waals surface area contributed by atoms with E-state index >= 15 is 0 Å². The molecule has 20 heavy (non-hydrogen) atoms. The van der Waals surface area contributed by atoms with Crippen molar-refractivity contribution in [3.63, 3.8) is 0 Å². The van der Waals surface area contributed by atoms with Crippen molar-refractivity contribution in [2.45, 2.75) is 19.4 Å². The molecule has 0 saturated carbocycles. The summed E-state index contributed by atoms with van der Waals surface area (Å²) < 4.78 is 40.4. The van der Waals surface area contributed by atoms with E-state index in [2.05, 4.69) is 15.5 Å². The number of carbonyl (C=O) groups is 1. The molecule has 2 aromatic rings. The third-order valence-corrected chi connectivity index (χ3v) is 2.62. The molecule has 6 nitrogen and oxygen atoms in total. The summed E-state index contributed by atoms with van der Waals surface area (Å²) in [6, 6.07) is 0.857. The second kappa shape index (κ2) is 5.27. The maximum atomic E-state index is 13.2. The quantitative estimate of drug-likeness (QED) is 0.867. The predicted octanol–water partition coefficient (Wildman–Crippen LogP) is 1.79. The zero-order valence-electron chi connectivity index (χ0n) is 10.2. The molecular weight excluding hydrogens is 277 g/mol. The van der Waals surface area contributed by atoms with Crippen molar-refractivity contribution < 1.29 is 23.1 Å². The molecule has 0 spiro atoms. The molecule has 0 fully saturated rings. The predicted molar refractivity (Wildman–Crippen MR) is 60.1 cm³/mol. The molecule has 0 radical (unpaired) electrons. The number of rotatable bonds is 4. The van der Waals surface area contributed by atoms with Crippen LogP contribution in [-0.2, 0) is 4.79 Å². The Morgan fingerprint density at radius 1 is 1.35 bits per heavy atom. The molecule has 9 heteroatoms. The smallest absolute Gasteiger partial charge is 0.305 e. The normalized spacial score (nSPS) is 12.4. The van der Waals surface area contributed by atoms with Crippen LogP contribution in [0.3, 0.4) is 0 Å². The lowest BCUT2D eigenvalue weighted by Gasteiger charge is -2.11. The SMILES string of the molecule is CC(CC(=O)O)n1nnnc1-c1cc(F)c(F)c(F)c1. The Morgan fingerprint density at radius 3 is 2.50 bits per heavy atom. The number of hydrogen-bond acceptors (Lipinski definition) is 4. The second-order valence-corrected chi connectivity index (χ2v) is 4.15. The first kappa shape index (κ1) is 14.0. The van der Waals surface area contributed by atoms with E-state index in [-0.39, 0.29) is 17.8 Å². The lowest BCUT2D eigenvalue weighted by atomic mass is 10.1. The molecule has 1 aromatic heterocycles. The number of hydrogen-bond donors (Lipinski definition) is 1. The van der Waals surface area contributed by atoms with Crippen LogP contribution in [0, 0.1) is 17.5 Å². The highest BCUT2D eigenvalue weighted by atomic mass is 19.2. The standard InChI is InChI=1S/C11H9F3N4O2/c1-5(2-9(19)20)18-11(15-16-17-18)6-3-7(12)10(14)8(13)4-6/h3-5H,2H2,1H3,(H,19,20). The second-order valence-electron chi connectivity index (χ2n) is 4.15. The van der Waals surface area contributed by atoms with E-state index in [9.17, 15) is 18.0 Å². The Balaban J connectivity index is 2.44. The van der Waals surface area contributed by atoms with Crippen LogP contribution in [0.1, 0.15) is 19.4 Å². The van der Waals surface area contributed by atoms with E-state index in [1.54, 1.807) is 0 Å². The topological polar surface area (TPSA) is 80.9 Å². The molecule has 1 atom stereocenters. The number of halogens is 3. The minimum Gasteiger partial charge on any atom is -0.481 e. The van der Waals surface area contributed by atoms with Crippen molar-refractivity contribution in [2.75, 3.05) is 0 Å². The summed E-state index contributed by atoms with van der Waals surface area (Å²) in [5.41, 5.74) is -0.0800. The van der Waals surface area contributed by atoms with Crippen LogP contribution in [-0.4, -0.2) is 31.3 Å². The third-order valence-electron chi connectivity index (χ3n) is 2.62. The average Bonchev–Trinajstić information content (AvgIpc) is 2.83. The van der Waals surface area contributed by atoms with Gasteiger partial charge in [-0.2, -0.15) is 0 Å². The molecule has 2 rings (SSSR count).